The zero-order chi connectivity index (χ0) is 16.2. The zero-order valence-corrected chi connectivity index (χ0v) is 14.0. The second-order valence-corrected chi connectivity index (χ2v) is 6.93. The van der Waals surface area contributed by atoms with Gasteiger partial charge >= 0.3 is 0 Å². The molecule has 0 saturated carbocycles. The Bertz CT molecular complexity index is 607. The van der Waals surface area contributed by atoms with Gasteiger partial charge in [0.2, 0.25) is 11.0 Å². The molecule has 23 heavy (non-hydrogen) atoms. The van der Waals surface area contributed by atoms with Gasteiger partial charge in [-0.1, -0.05) is 23.4 Å². The van der Waals surface area contributed by atoms with Gasteiger partial charge in [-0.25, -0.2) is 4.98 Å². The fourth-order valence-corrected chi connectivity index (χ4v) is 3.60. The fourth-order valence-electron chi connectivity index (χ4n) is 2.46. The van der Waals surface area contributed by atoms with Crippen LogP contribution >= 0.6 is 23.4 Å². The molecule has 1 amide bonds. The van der Waals surface area contributed by atoms with Crippen LogP contribution in [-0.2, 0) is 9.53 Å². The average Bonchev–Trinajstić information content (AvgIpc) is 2.95. The molecule has 1 aromatic heterocycles. The molecular weight excluding hydrogens is 340 g/mol. The molecule has 2 saturated heterocycles. The number of amides is 1. The molecule has 124 valence electrons. The number of pyridine rings is 1. The molecule has 2 aliphatic rings. The highest BCUT2D eigenvalue weighted by Gasteiger charge is 2.27. The van der Waals surface area contributed by atoms with Crippen LogP contribution in [0.25, 0.3) is 0 Å². The van der Waals surface area contributed by atoms with Crippen molar-refractivity contribution in [1.82, 2.24) is 10.3 Å². The summed E-state index contributed by atoms with van der Waals surface area (Å²) < 4.78 is 11.0. The van der Waals surface area contributed by atoms with Gasteiger partial charge in [-0.3, -0.25) is 9.59 Å². The maximum atomic E-state index is 12.2. The third-order valence-electron chi connectivity index (χ3n) is 3.76. The highest BCUT2D eigenvalue weighted by molar-refractivity contribution is 8.14. The summed E-state index contributed by atoms with van der Waals surface area (Å²) in [5.74, 6) is 0.709. The van der Waals surface area contributed by atoms with Gasteiger partial charge in [0.1, 0.15) is 11.1 Å². The van der Waals surface area contributed by atoms with Gasteiger partial charge < -0.3 is 14.8 Å². The van der Waals surface area contributed by atoms with Crippen molar-refractivity contribution in [2.75, 3.05) is 19.0 Å². The lowest BCUT2D eigenvalue weighted by Gasteiger charge is -2.23. The molecule has 1 N–H and O–H groups in total. The molecule has 0 aliphatic carbocycles. The van der Waals surface area contributed by atoms with Crippen LogP contribution < -0.4 is 10.1 Å². The monoisotopic (exact) mass is 356 g/mol. The number of nitrogens with one attached hydrogen (secondary N) is 1. The van der Waals surface area contributed by atoms with E-state index in [1.807, 2.05) is 0 Å². The SMILES string of the molecule is O=C(NC1CCSC1=O)c1cnc(OC2CCOCC2)c(Cl)c1. The van der Waals surface area contributed by atoms with Crippen LogP contribution in [0.1, 0.15) is 29.6 Å². The molecule has 0 radical (unpaired) electrons. The van der Waals surface area contributed by atoms with Gasteiger partial charge in [-0.15, -0.1) is 0 Å². The van der Waals surface area contributed by atoms with Crippen LogP contribution in [0.2, 0.25) is 5.02 Å². The smallest absolute Gasteiger partial charge is 0.253 e. The summed E-state index contributed by atoms with van der Waals surface area (Å²) in [6.07, 6.45) is 3.69. The van der Waals surface area contributed by atoms with Crippen molar-refractivity contribution >= 4 is 34.4 Å². The Morgan fingerprint density at radius 2 is 2.17 bits per heavy atom. The average molecular weight is 357 g/mol. The van der Waals surface area contributed by atoms with Crippen molar-refractivity contribution in [3.05, 3.63) is 22.8 Å². The van der Waals surface area contributed by atoms with E-state index in [9.17, 15) is 9.59 Å². The van der Waals surface area contributed by atoms with E-state index in [2.05, 4.69) is 10.3 Å². The van der Waals surface area contributed by atoms with Crippen LogP contribution in [0.3, 0.4) is 0 Å². The summed E-state index contributed by atoms with van der Waals surface area (Å²) in [7, 11) is 0. The molecule has 1 unspecified atom stereocenters. The van der Waals surface area contributed by atoms with Gasteiger partial charge in [0.25, 0.3) is 5.91 Å². The Hall–Kier alpha value is -1.31. The summed E-state index contributed by atoms with van der Waals surface area (Å²) >= 11 is 7.41. The van der Waals surface area contributed by atoms with Gasteiger partial charge in [-0.05, 0) is 12.5 Å². The van der Waals surface area contributed by atoms with Gasteiger partial charge in [-0.2, -0.15) is 0 Å². The molecule has 1 atom stereocenters. The van der Waals surface area contributed by atoms with E-state index in [1.54, 1.807) is 0 Å². The molecule has 3 rings (SSSR count). The lowest BCUT2D eigenvalue weighted by molar-refractivity contribution is -0.112. The third kappa shape index (κ3) is 4.16. The number of rotatable bonds is 4. The lowest BCUT2D eigenvalue weighted by atomic mass is 10.1. The number of carbonyl (C=O) groups is 2. The third-order valence-corrected chi connectivity index (χ3v) is 5.04. The number of aromatic nitrogens is 1. The standard InChI is InChI=1S/C15H17ClN2O4S/c16-11-7-9(13(19)18-12-3-6-23-15(12)20)8-17-14(11)22-10-1-4-21-5-2-10/h7-8,10,12H,1-6H2,(H,18,19). The topological polar surface area (TPSA) is 77.5 Å². The Balaban J connectivity index is 1.63. The first-order chi connectivity index (χ1) is 11.1. The maximum Gasteiger partial charge on any atom is 0.253 e. The summed E-state index contributed by atoms with van der Waals surface area (Å²) in [6, 6.07) is 1.09. The molecule has 1 aromatic rings. The van der Waals surface area contributed by atoms with Gasteiger partial charge in [0.15, 0.2) is 0 Å². The fraction of sp³-hybridized carbons (Fsp3) is 0.533. The number of carbonyl (C=O) groups excluding carboxylic acids is 2. The highest BCUT2D eigenvalue weighted by Crippen LogP contribution is 2.26. The van der Waals surface area contributed by atoms with Crippen molar-refractivity contribution in [3.8, 4) is 5.88 Å². The first kappa shape index (κ1) is 16.5. The predicted molar refractivity (Wildman–Crippen MR) is 87.1 cm³/mol. The Morgan fingerprint density at radius 1 is 1.39 bits per heavy atom. The van der Waals surface area contributed by atoms with Crippen LogP contribution in [0.15, 0.2) is 12.3 Å². The molecule has 0 spiro atoms. The van der Waals surface area contributed by atoms with E-state index in [4.69, 9.17) is 21.1 Å². The maximum absolute atomic E-state index is 12.2. The molecule has 8 heteroatoms. The first-order valence-corrected chi connectivity index (χ1v) is 8.87. The van der Waals surface area contributed by atoms with E-state index in [0.717, 1.165) is 18.6 Å². The van der Waals surface area contributed by atoms with E-state index < -0.39 is 6.04 Å². The van der Waals surface area contributed by atoms with Gasteiger partial charge in [0.05, 0.1) is 24.8 Å². The Kier molecular flexibility index (Phi) is 5.40. The van der Waals surface area contributed by atoms with E-state index in [1.165, 1.54) is 24.0 Å². The minimum Gasteiger partial charge on any atom is -0.473 e. The minimum absolute atomic E-state index is 0.00289. The number of nitrogens with zero attached hydrogens (tertiary/aromatic N) is 1. The van der Waals surface area contributed by atoms with E-state index in [0.29, 0.717) is 31.1 Å². The molecule has 0 aromatic carbocycles. The van der Waals surface area contributed by atoms with Crippen LogP contribution in [0, 0.1) is 0 Å². The van der Waals surface area contributed by atoms with Crippen LogP contribution in [0.4, 0.5) is 0 Å². The second-order valence-electron chi connectivity index (χ2n) is 5.42. The highest BCUT2D eigenvalue weighted by atomic mass is 35.5. The molecule has 3 heterocycles. The number of thioether (sulfide) groups is 1. The Labute approximate surface area is 143 Å². The summed E-state index contributed by atoms with van der Waals surface area (Å²) in [5.41, 5.74) is 0.319. The first-order valence-electron chi connectivity index (χ1n) is 7.51. The normalized spacial score (nSPS) is 22.1. The zero-order valence-electron chi connectivity index (χ0n) is 12.4. The molecule has 2 aliphatic heterocycles. The molecule has 6 nitrogen and oxygen atoms in total. The number of hydrogen-bond acceptors (Lipinski definition) is 6. The quantitative estimate of drug-likeness (QED) is 0.889. The van der Waals surface area contributed by atoms with Crippen molar-refractivity contribution in [2.45, 2.75) is 31.4 Å². The predicted octanol–water partition coefficient (Wildman–Crippen LogP) is 2.05. The number of hydrogen-bond donors (Lipinski definition) is 1. The van der Waals surface area contributed by atoms with Gasteiger partial charge in [0, 0.05) is 24.8 Å². The molecular formula is C15H17ClN2O4S. The van der Waals surface area contributed by atoms with Crippen molar-refractivity contribution < 1.29 is 19.1 Å². The van der Waals surface area contributed by atoms with Crippen molar-refractivity contribution in [2.24, 2.45) is 0 Å². The molecule has 0 bridgehead atoms. The summed E-state index contributed by atoms with van der Waals surface area (Å²) in [4.78, 5) is 27.9. The second kappa shape index (κ2) is 7.51. The van der Waals surface area contributed by atoms with Crippen LogP contribution in [-0.4, -0.2) is 47.1 Å². The Morgan fingerprint density at radius 3 is 2.83 bits per heavy atom. The largest absolute Gasteiger partial charge is 0.473 e. The van der Waals surface area contributed by atoms with Crippen molar-refractivity contribution in [3.63, 3.8) is 0 Å². The number of halogens is 1. The number of ether oxygens (including phenoxy) is 2. The van der Waals surface area contributed by atoms with Crippen molar-refractivity contribution in [1.29, 1.82) is 0 Å². The van der Waals surface area contributed by atoms with E-state index in [-0.39, 0.29) is 22.1 Å². The molecule has 2 fully saturated rings. The lowest BCUT2D eigenvalue weighted by Crippen LogP contribution is -2.37. The van der Waals surface area contributed by atoms with E-state index >= 15 is 0 Å². The summed E-state index contributed by atoms with van der Waals surface area (Å²) in [5, 5.41) is 2.99. The minimum atomic E-state index is -0.426. The van der Waals surface area contributed by atoms with Crippen LogP contribution in [0.5, 0.6) is 5.88 Å². The summed E-state index contributed by atoms with van der Waals surface area (Å²) in [6.45, 7) is 1.33.